The summed E-state index contributed by atoms with van der Waals surface area (Å²) in [6.45, 7) is 3.84. The molecule has 0 radical (unpaired) electrons. The molecular weight excluding hydrogens is 220 g/mol. The van der Waals surface area contributed by atoms with Gasteiger partial charge >= 0.3 is 0 Å². The molecule has 82 valence electrons. The minimum absolute atomic E-state index is 0.371. The Morgan fingerprint density at radius 2 is 2.06 bits per heavy atom. The molecule has 0 fully saturated rings. The van der Waals surface area contributed by atoms with Gasteiger partial charge in [0.25, 0.3) is 0 Å². The molecule has 0 amide bonds. The highest BCUT2D eigenvalue weighted by Gasteiger charge is 2.05. The Kier molecular flexibility index (Phi) is 2.70. The quantitative estimate of drug-likeness (QED) is 0.798. The molecule has 0 bridgehead atoms. The van der Waals surface area contributed by atoms with Crippen LogP contribution in [0.2, 0.25) is 0 Å². The zero-order valence-electron chi connectivity index (χ0n) is 9.14. The van der Waals surface area contributed by atoms with Crippen molar-refractivity contribution in [2.45, 2.75) is 13.8 Å². The van der Waals surface area contributed by atoms with E-state index in [9.17, 15) is 0 Å². The van der Waals surface area contributed by atoms with Crippen molar-refractivity contribution in [3.63, 3.8) is 0 Å². The average molecular weight is 232 g/mol. The van der Waals surface area contributed by atoms with Gasteiger partial charge in [-0.3, -0.25) is 0 Å². The maximum atomic E-state index is 5.61. The average Bonchev–Trinajstić information content (AvgIpc) is 2.64. The molecule has 0 spiro atoms. The summed E-state index contributed by atoms with van der Waals surface area (Å²) in [7, 11) is 0. The first-order valence-electron chi connectivity index (χ1n) is 4.87. The van der Waals surface area contributed by atoms with Crippen molar-refractivity contribution in [3.8, 4) is 5.82 Å². The Morgan fingerprint density at radius 3 is 2.62 bits per heavy atom. The van der Waals surface area contributed by atoms with Crippen LogP contribution in [0.4, 0.5) is 0 Å². The van der Waals surface area contributed by atoms with Crippen LogP contribution in [-0.4, -0.2) is 19.8 Å². The normalized spacial score (nSPS) is 10.4. The molecule has 0 aliphatic carbocycles. The van der Waals surface area contributed by atoms with Crippen LogP contribution in [0.25, 0.3) is 5.82 Å². The number of aryl methyl sites for hydroxylation is 2. The van der Waals surface area contributed by atoms with Crippen molar-refractivity contribution in [3.05, 3.63) is 41.3 Å². The van der Waals surface area contributed by atoms with Crippen LogP contribution in [-0.2, 0) is 0 Å². The van der Waals surface area contributed by atoms with Gasteiger partial charge in [0.2, 0.25) is 0 Å². The lowest BCUT2D eigenvalue weighted by atomic mass is 10.2. The smallest absolute Gasteiger partial charge is 0.154 e. The van der Waals surface area contributed by atoms with Crippen LogP contribution in [0.3, 0.4) is 0 Å². The zero-order chi connectivity index (χ0) is 11.7. The number of pyridine rings is 1. The van der Waals surface area contributed by atoms with Gasteiger partial charge in [0.05, 0.1) is 5.69 Å². The van der Waals surface area contributed by atoms with Gasteiger partial charge in [-0.2, -0.15) is 5.10 Å². The first kappa shape index (κ1) is 10.8. The number of hydrogen-bond donors (Lipinski definition) is 1. The molecule has 2 heterocycles. The van der Waals surface area contributed by atoms with E-state index in [2.05, 4.69) is 10.1 Å². The fourth-order valence-corrected chi connectivity index (χ4v) is 1.57. The lowest BCUT2D eigenvalue weighted by Gasteiger charge is -2.05. The van der Waals surface area contributed by atoms with Crippen LogP contribution >= 0.6 is 12.2 Å². The predicted octanol–water partition coefficient (Wildman–Crippen LogP) is 1.52. The van der Waals surface area contributed by atoms with Crippen LogP contribution in [0.1, 0.15) is 17.0 Å². The third kappa shape index (κ3) is 2.09. The second kappa shape index (κ2) is 4.02. The summed E-state index contributed by atoms with van der Waals surface area (Å²) in [4.78, 5) is 4.76. The van der Waals surface area contributed by atoms with E-state index in [1.807, 2.05) is 38.2 Å². The van der Waals surface area contributed by atoms with E-state index in [0.717, 1.165) is 22.8 Å². The molecule has 0 aliphatic rings. The molecule has 0 saturated heterocycles. The maximum absolute atomic E-state index is 5.61. The van der Waals surface area contributed by atoms with Gasteiger partial charge in [-0.25, -0.2) is 9.67 Å². The van der Waals surface area contributed by atoms with Crippen molar-refractivity contribution < 1.29 is 0 Å². The van der Waals surface area contributed by atoms with Crippen LogP contribution in [0.15, 0.2) is 24.4 Å². The number of aromatic nitrogens is 3. The van der Waals surface area contributed by atoms with Gasteiger partial charge in [0.1, 0.15) is 4.99 Å². The lowest BCUT2D eigenvalue weighted by molar-refractivity contribution is 0.826. The van der Waals surface area contributed by atoms with E-state index in [0.29, 0.717) is 4.99 Å². The number of nitrogens with two attached hydrogens (primary N) is 1. The molecule has 4 nitrogen and oxygen atoms in total. The molecule has 2 aromatic rings. The van der Waals surface area contributed by atoms with Gasteiger partial charge in [-0.1, -0.05) is 12.2 Å². The third-order valence-electron chi connectivity index (χ3n) is 2.18. The second-order valence-electron chi connectivity index (χ2n) is 3.62. The molecule has 0 aliphatic heterocycles. The van der Waals surface area contributed by atoms with E-state index in [1.54, 1.807) is 4.68 Å². The fraction of sp³-hybridized carbons (Fsp3) is 0.182. The standard InChI is InChI=1S/C11H12N4S/c1-7-3-4-15(14-7)10-6-9(11(12)16)5-8(2)13-10/h3-6H,1-2H3,(H2,12,16). The van der Waals surface area contributed by atoms with Crippen LogP contribution in [0.5, 0.6) is 0 Å². The molecule has 0 aromatic carbocycles. The SMILES string of the molecule is Cc1cc(C(N)=S)cc(-n2ccc(C)n2)n1. The van der Waals surface area contributed by atoms with Crippen molar-refractivity contribution in [1.29, 1.82) is 0 Å². The number of thiocarbonyl (C=S) groups is 1. The number of hydrogen-bond acceptors (Lipinski definition) is 3. The first-order chi connectivity index (χ1) is 7.56. The Labute approximate surface area is 99.1 Å². The Morgan fingerprint density at radius 1 is 1.31 bits per heavy atom. The molecule has 5 heteroatoms. The van der Waals surface area contributed by atoms with Gasteiger partial charge in [-0.15, -0.1) is 0 Å². The minimum atomic E-state index is 0.371. The molecule has 16 heavy (non-hydrogen) atoms. The monoisotopic (exact) mass is 232 g/mol. The molecule has 2 rings (SSSR count). The maximum Gasteiger partial charge on any atom is 0.154 e. The van der Waals surface area contributed by atoms with Gasteiger partial charge in [0.15, 0.2) is 5.82 Å². The lowest BCUT2D eigenvalue weighted by Crippen LogP contribution is -2.11. The molecular formula is C11H12N4S. The molecule has 0 unspecified atom stereocenters. The molecule has 0 saturated carbocycles. The minimum Gasteiger partial charge on any atom is -0.389 e. The zero-order valence-corrected chi connectivity index (χ0v) is 9.95. The third-order valence-corrected chi connectivity index (χ3v) is 2.42. The summed E-state index contributed by atoms with van der Waals surface area (Å²) in [6, 6.07) is 5.62. The van der Waals surface area contributed by atoms with Crippen LogP contribution < -0.4 is 5.73 Å². The fourth-order valence-electron chi connectivity index (χ4n) is 1.45. The summed E-state index contributed by atoms with van der Waals surface area (Å²) in [6.07, 6.45) is 1.86. The predicted molar refractivity (Wildman–Crippen MR) is 66.7 cm³/mol. The Balaban J connectivity index is 2.53. The van der Waals surface area contributed by atoms with Gasteiger partial charge < -0.3 is 5.73 Å². The highest BCUT2D eigenvalue weighted by Crippen LogP contribution is 2.10. The summed E-state index contributed by atoms with van der Waals surface area (Å²) in [5.41, 5.74) is 8.23. The summed E-state index contributed by atoms with van der Waals surface area (Å²) in [5.74, 6) is 0.732. The molecule has 0 atom stereocenters. The van der Waals surface area contributed by atoms with E-state index in [-0.39, 0.29) is 0 Å². The molecule has 2 N–H and O–H groups in total. The van der Waals surface area contributed by atoms with Crippen molar-refractivity contribution in [2.75, 3.05) is 0 Å². The number of nitrogens with zero attached hydrogens (tertiary/aromatic N) is 3. The van der Waals surface area contributed by atoms with E-state index in [4.69, 9.17) is 18.0 Å². The van der Waals surface area contributed by atoms with Crippen molar-refractivity contribution >= 4 is 17.2 Å². The topological polar surface area (TPSA) is 56.7 Å². The second-order valence-corrected chi connectivity index (χ2v) is 4.06. The highest BCUT2D eigenvalue weighted by atomic mass is 32.1. The first-order valence-corrected chi connectivity index (χ1v) is 5.28. The largest absolute Gasteiger partial charge is 0.389 e. The Bertz CT molecular complexity index is 545. The van der Waals surface area contributed by atoms with Crippen molar-refractivity contribution in [2.24, 2.45) is 5.73 Å². The van der Waals surface area contributed by atoms with E-state index < -0.39 is 0 Å². The van der Waals surface area contributed by atoms with Gasteiger partial charge in [-0.05, 0) is 32.0 Å². The van der Waals surface area contributed by atoms with Crippen molar-refractivity contribution in [1.82, 2.24) is 14.8 Å². The Hall–Kier alpha value is -1.75. The highest BCUT2D eigenvalue weighted by molar-refractivity contribution is 7.80. The van der Waals surface area contributed by atoms with E-state index in [1.165, 1.54) is 0 Å². The summed E-state index contributed by atoms with van der Waals surface area (Å²) < 4.78 is 1.71. The number of rotatable bonds is 2. The van der Waals surface area contributed by atoms with Gasteiger partial charge in [0, 0.05) is 17.5 Å². The van der Waals surface area contributed by atoms with E-state index >= 15 is 0 Å². The molecule has 2 aromatic heterocycles. The summed E-state index contributed by atoms with van der Waals surface area (Å²) in [5, 5.41) is 4.29. The van der Waals surface area contributed by atoms with Crippen LogP contribution in [0, 0.1) is 13.8 Å². The summed E-state index contributed by atoms with van der Waals surface area (Å²) >= 11 is 4.96.